The highest BCUT2D eigenvalue weighted by atomic mass is 16.3. The van der Waals surface area contributed by atoms with Crippen molar-refractivity contribution in [1.82, 2.24) is 0 Å². The molecule has 0 aliphatic heterocycles. The maximum absolute atomic E-state index is 11.2. The topological polar surface area (TPSA) is 40.5 Å². The van der Waals surface area contributed by atoms with Crippen LogP contribution in [0.25, 0.3) is 0 Å². The Morgan fingerprint density at radius 2 is 1.12 bits per heavy atom. The molecular weight excluding hydrogens is 308 g/mol. The minimum atomic E-state index is -1.12. The van der Waals surface area contributed by atoms with Gasteiger partial charge in [-0.1, -0.05) is 84.9 Å². The first-order valence-corrected chi connectivity index (χ1v) is 8.55. The zero-order chi connectivity index (χ0) is 17.9. The predicted molar refractivity (Wildman–Crippen MR) is 101 cm³/mol. The van der Waals surface area contributed by atoms with E-state index in [9.17, 15) is 10.2 Å². The Morgan fingerprint density at radius 1 is 0.640 bits per heavy atom. The molecule has 0 radical (unpaired) electrons. The number of aliphatic hydroxyl groups is 2. The smallest absolute Gasteiger partial charge is 0.112 e. The molecule has 3 aromatic carbocycles. The summed E-state index contributed by atoms with van der Waals surface area (Å²) in [6, 6.07) is 27.1. The molecule has 0 aliphatic rings. The molecule has 0 aliphatic carbocycles. The summed E-state index contributed by atoms with van der Waals surface area (Å²) < 4.78 is 0. The van der Waals surface area contributed by atoms with Crippen molar-refractivity contribution in [2.24, 2.45) is 0 Å². The van der Waals surface area contributed by atoms with Gasteiger partial charge >= 0.3 is 0 Å². The molecule has 0 amide bonds. The van der Waals surface area contributed by atoms with Crippen LogP contribution < -0.4 is 0 Å². The molecule has 3 rings (SSSR count). The lowest BCUT2D eigenvalue weighted by Gasteiger charge is -2.30. The van der Waals surface area contributed by atoms with Crippen LogP contribution in [0.1, 0.15) is 36.1 Å². The van der Waals surface area contributed by atoms with Gasteiger partial charge in [0.15, 0.2) is 0 Å². The molecule has 2 heteroatoms. The van der Waals surface area contributed by atoms with Crippen molar-refractivity contribution < 1.29 is 10.2 Å². The molecule has 25 heavy (non-hydrogen) atoms. The van der Waals surface area contributed by atoms with Gasteiger partial charge in [-0.2, -0.15) is 0 Å². The molecule has 0 fully saturated rings. The van der Waals surface area contributed by atoms with Crippen LogP contribution in [0.15, 0.2) is 84.9 Å². The van der Waals surface area contributed by atoms with Gasteiger partial charge in [-0.05, 0) is 36.1 Å². The molecule has 0 spiro atoms. The quantitative estimate of drug-likeness (QED) is 0.727. The van der Waals surface area contributed by atoms with Crippen molar-refractivity contribution in [1.29, 1.82) is 0 Å². The Morgan fingerprint density at radius 3 is 1.72 bits per heavy atom. The minimum absolute atomic E-state index is 0.427. The average molecular weight is 332 g/mol. The van der Waals surface area contributed by atoms with Crippen LogP contribution in [0, 0.1) is 0 Å². The van der Waals surface area contributed by atoms with E-state index >= 15 is 0 Å². The summed E-state index contributed by atoms with van der Waals surface area (Å²) in [5.41, 5.74) is 1.32. The van der Waals surface area contributed by atoms with E-state index in [0.29, 0.717) is 6.42 Å². The first kappa shape index (κ1) is 17.4. The van der Waals surface area contributed by atoms with E-state index in [1.807, 2.05) is 91.9 Å². The summed E-state index contributed by atoms with van der Waals surface area (Å²) in [6.45, 7) is 3.62. The third-order valence-electron chi connectivity index (χ3n) is 4.81. The molecule has 2 nitrogen and oxygen atoms in total. The van der Waals surface area contributed by atoms with Crippen molar-refractivity contribution >= 4 is 0 Å². The molecule has 0 saturated carbocycles. The first-order chi connectivity index (χ1) is 11.9. The molecular formula is C23H24O2. The van der Waals surface area contributed by atoms with Crippen LogP contribution >= 0.6 is 0 Å². The van der Waals surface area contributed by atoms with Gasteiger partial charge in [0.1, 0.15) is 5.60 Å². The summed E-state index contributed by atoms with van der Waals surface area (Å²) in [6.07, 6.45) is 0.427. The summed E-state index contributed by atoms with van der Waals surface area (Å²) in [5.74, 6) is 0. The van der Waals surface area contributed by atoms with Gasteiger partial charge in [-0.3, -0.25) is 0 Å². The highest BCUT2D eigenvalue weighted by Gasteiger charge is 2.31. The van der Waals surface area contributed by atoms with Crippen molar-refractivity contribution in [3.05, 3.63) is 107 Å². The Balaban J connectivity index is 2.00. The zero-order valence-electron chi connectivity index (χ0n) is 14.7. The van der Waals surface area contributed by atoms with Crippen molar-refractivity contribution in [3.63, 3.8) is 0 Å². The van der Waals surface area contributed by atoms with Gasteiger partial charge in [0.25, 0.3) is 0 Å². The van der Waals surface area contributed by atoms with Crippen LogP contribution in [0.3, 0.4) is 0 Å². The zero-order valence-corrected chi connectivity index (χ0v) is 14.7. The van der Waals surface area contributed by atoms with Crippen molar-refractivity contribution in [2.45, 2.75) is 31.5 Å². The highest BCUT2D eigenvalue weighted by molar-refractivity contribution is 5.41. The van der Waals surface area contributed by atoms with E-state index in [2.05, 4.69) is 0 Å². The fourth-order valence-corrected chi connectivity index (χ4v) is 3.34. The molecule has 0 saturated heterocycles. The molecule has 0 heterocycles. The molecule has 2 unspecified atom stereocenters. The van der Waals surface area contributed by atoms with E-state index in [0.717, 1.165) is 22.3 Å². The number of rotatable bonds is 5. The first-order valence-electron chi connectivity index (χ1n) is 8.55. The Hall–Kier alpha value is -2.42. The van der Waals surface area contributed by atoms with Gasteiger partial charge in [-0.15, -0.1) is 0 Å². The van der Waals surface area contributed by atoms with Gasteiger partial charge < -0.3 is 10.2 Å². The summed E-state index contributed by atoms with van der Waals surface area (Å²) in [7, 11) is 0. The lowest BCUT2D eigenvalue weighted by Crippen LogP contribution is -2.29. The molecule has 128 valence electrons. The summed E-state index contributed by atoms with van der Waals surface area (Å²) >= 11 is 0. The van der Waals surface area contributed by atoms with E-state index in [1.165, 1.54) is 0 Å². The molecule has 3 aromatic rings. The minimum Gasteiger partial charge on any atom is -0.385 e. The van der Waals surface area contributed by atoms with Gasteiger partial charge in [0.05, 0.1) is 5.60 Å². The Kier molecular flexibility index (Phi) is 4.76. The second-order valence-electron chi connectivity index (χ2n) is 6.91. The molecule has 0 aromatic heterocycles. The fourth-order valence-electron chi connectivity index (χ4n) is 3.34. The monoisotopic (exact) mass is 332 g/mol. The summed E-state index contributed by atoms with van der Waals surface area (Å²) in [4.78, 5) is 0. The lowest BCUT2D eigenvalue weighted by atomic mass is 9.80. The van der Waals surface area contributed by atoms with E-state index < -0.39 is 11.2 Å². The summed E-state index contributed by atoms with van der Waals surface area (Å²) in [5, 5.41) is 22.2. The van der Waals surface area contributed by atoms with Crippen LogP contribution in [-0.4, -0.2) is 10.2 Å². The maximum atomic E-state index is 11.2. The Bertz CT molecular complexity index is 821. The van der Waals surface area contributed by atoms with Crippen LogP contribution in [0.5, 0.6) is 0 Å². The van der Waals surface area contributed by atoms with E-state index in [1.54, 1.807) is 6.92 Å². The van der Waals surface area contributed by atoms with Gasteiger partial charge in [0, 0.05) is 6.42 Å². The predicted octanol–water partition coefficient (Wildman–Crippen LogP) is 4.39. The van der Waals surface area contributed by atoms with Crippen LogP contribution in [-0.2, 0) is 17.6 Å². The van der Waals surface area contributed by atoms with Crippen molar-refractivity contribution in [2.75, 3.05) is 0 Å². The number of hydrogen-bond donors (Lipinski definition) is 2. The molecule has 2 atom stereocenters. The fraction of sp³-hybridized carbons (Fsp3) is 0.217. The van der Waals surface area contributed by atoms with E-state index in [-0.39, 0.29) is 0 Å². The van der Waals surface area contributed by atoms with E-state index in [4.69, 9.17) is 0 Å². The van der Waals surface area contributed by atoms with Crippen molar-refractivity contribution in [3.8, 4) is 0 Å². The second-order valence-corrected chi connectivity index (χ2v) is 6.91. The van der Waals surface area contributed by atoms with Crippen LogP contribution in [0.2, 0.25) is 0 Å². The third kappa shape index (κ3) is 3.65. The number of benzene rings is 3. The van der Waals surface area contributed by atoms with Gasteiger partial charge in [0.2, 0.25) is 0 Å². The largest absolute Gasteiger partial charge is 0.385 e. The third-order valence-corrected chi connectivity index (χ3v) is 4.81. The highest BCUT2D eigenvalue weighted by Crippen LogP contribution is 2.34. The van der Waals surface area contributed by atoms with Gasteiger partial charge in [-0.25, -0.2) is 0 Å². The average Bonchev–Trinajstić information content (AvgIpc) is 2.63. The lowest BCUT2D eigenvalue weighted by molar-refractivity contribution is 0.0547. The Labute approximate surface area is 149 Å². The standard InChI is InChI=1S/C23H24O2/c1-22(24,19-12-5-3-6-13-19)17-18-11-9-10-16-21(18)23(2,25)20-14-7-4-8-15-20/h3-16,24-25H,17H2,1-2H3. The maximum Gasteiger partial charge on any atom is 0.112 e. The molecule has 2 N–H and O–H groups in total. The normalized spacial score (nSPS) is 16.0. The second kappa shape index (κ2) is 6.83. The SMILES string of the molecule is CC(O)(Cc1ccccc1C(C)(O)c1ccccc1)c1ccccc1. The molecule has 0 bridgehead atoms. The number of hydrogen-bond acceptors (Lipinski definition) is 2. The van der Waals surface area contributed by atoms with Crippen LogP contribution in [0.4, 0.5) is 0 Å².